The van der Waals surface area contributed by atoms with Crippen molar-refractivity contribution in [2.24, 2.45) is 0 Å². The second-order valence-corrected chi connectivity index (χ2v) is 23.6. The Morgan fingerprint density at radius 3 is 1.09 bits per heavy atom. The molecule has 2 aliphatic heterocycles. The highest BCUT2D eigenvalue weighted by molar-refractivity contribution is 7.00. The first-order valence-electron chi connectivity index (χ1n) is 30.6. The summed E-state index contributed by atoms with van der Waals surface area (Å²) >= 11 is 0. The van der Waals surface area contributed by atoms with Crippen LogP contribution < -0.4 is 26.2 Å². The smallest absolute Gasteiger partial charge is 0.252 e. The summed E-state index contributed by atoms with van der Waals surface area (Å²) in [6, 6.07) is 118. The monoisotopic (exact) mass is 1130 g/mol. The number of anilines is 6. The normalized spacial score (nSPS) is 12.4. The molecule has 0 aliphatic carbocycles. The molecule has 0 radical (unpaired) electrons. The van der Waals surface area contributed by atoms with Gasteiger partial charge in [-0.2, -0.15) is 0 Å². The molecule has 1 aromatic heterocycles. The maximum Gasteiger partial charge on any atom is 0.252 e. The molecule has 0 saturated carbocycles. The quantitative estimate of drug-likeness (QED) is 0.112. The number of aromatic nitrogens is 2. The van der Waals surface area contributed by atoms with Gasteiger partial charge in [0.05, 0.1) is 11.2 Å². The van der Waals surface area contributed by atoms with Gasteiger partial charge >= 0.3 is 0 Å². The lowest BCUT2D eigenvalue weighted by molar-refractivity contribution is 1.21. The van der Waals surface area contributed by atoms with E-state index in [-0.39, 0.29) is 6.71 Å². The Balaban J connectivity index is 0.960. The van der Waals surface area contributed by atoms with Crippen molar-refractivity contribution < 1.29 is 0 Å². The van der Waals surface area contributed by atoms with Crippen LogP contribution in [0.5, 0.6) is 0 Å². The van der Waals surface area contributed by atoms with Crippen molar-refractivity contribution in [1.29, 1.82) is 0 Å². The lowest BCUT2D eigenvalue weighted by Gasteiger charge is -2.45. The SMILES string of the molecule is c1ccc(-c2ccc(N3c4cc(-c5nc(-c6cc(-c7ccccc7)cc(-c7ccccc7)c6)c6ccccc6n5)cc5c4B(c4ccc6cc7ccccc7cc6c43)c3ccc4cc6ccccc6cc4c3N5c3ccc(-c4ccccc4)cc3)cc2)cc1. The first-order valence-corrected chi connectivity index (χ1v) is 30.6. The van der Waals surface area contributed by atoms with Crippen LogP contribution in [0.2, 0.25) is 0 Å². The van der Waals surface area contributed by atoms with E-state index in [0.717, 1.165) is 95.2 Å². The van der Waals surface area contributed by atoms with E-state index in [4.69, 9.17) is 9.97 Å². The number of fused-ring (bicyclic) bond motifs is 11. The van der Waals surface area contributed by atoms with Crippen molar-refractivity contribution in [3.05, 3.63) is 322 Å². The van der Waals surface area contributed by atoms with Gasteiger partial charge in [-0.05, 0) is 178 Å². The lowest BCUT2D eigenvalue weighted by Crippen LogP contribution is -2.61. The molecule has 0 N–H and O–H groups in total. The third kappa shape index (κ3) is 8.46. The zero-order valence-corrected chi connectivity index (χ0v) is 48.5. The average molecular weight is 1130 g/mol. The van der Waals surface area contributed by atoms with Gasteiger partial charge in [0.25, 0.3) is 6.71 Å². The molecule has 412 valence electrons. The molecule has 15 aromatic carbocycles. The molecule has 0 fully saturated rings. The van der Waals surface area contributed by atoms with E-state index >= 15 is 0 Å². The van der Waals surface area contributed by atoms with Crippen LogP contribution in [0, 0.1) is 0 Å². The zero-order valence-electron chi connectivity index (χ0n) is 48.5. The van der Waals surface area contributed by atoms with Gasteiger partial charge in [0.1, 0.15) is 0 Å². The number of benzene rings is 15. The molecule has 3 heterocycles. The summed E-state index contributed by atoms with van der Waals surface area (Å²) in [5, 5.41) is 10.6. The Morgan fingerprint density at radius 2 is 0.629 bits per heavy atom. The maximum atomic E-state index is 5.87. The van der Waals surface area contributed by atoms with Gasteiger partial charge in [-0.3, -0.25) is 0 Å². The summed E-state index contributed by atoms with van der Waals surface area (Å²) in [5.41, 5.74) is 23.2. The predicted molar refractivity (Wildman–Crippen MR) is 376 cm³/mol. The average Bonchev–Trinajstić information content (AvgIpc) is 0.702. The van der Waals surface area contributed by atoms with E-state index in [9.17, 15) is 0 Å². The largest absolute Gasteiger partial charge is 0.311 e. The number of hydrogen-bond acceptors (Lipinski definition) is 4. The van der Waals surface area contributed by atoms with Crippen LogP contribution in [0.3, 0.4) is 0 Å². The summed E-state index contributed by atoms with van der Waals surface area (Å²) in [6.45, 7) is -0.171. The highest BCUT2D eigenvalue weighted by atomic mass is 15.2. The van der Waals surface area contributed by atoms with E-state index in [0.29, 0.717) is 5.82 Å². The van der Waals surface area contributed by atoms with Crippen LogP contribution >= 0.6 is 0 Å². The summed E-state index contributed by atoms with van der Waals surface area (Å²) in [5.74, 6) is 0.642. The van der Waals surface area contributed by atoms with Crippen LogP contribution in [-0.4, -0.2) is 16.7 Å². The molecule has 0 unspecified atom stereocenters. The van der Waals surface area contributed by atoms with E-state index in [1.807, 2.05) is 0 Å². The third-order valence-electron chi connectivity index (χ3n) is 18.5. The molecule has 4 nitrogen and oxygen atoms in total. The molecule has 2 aliphatic rings. The molecule has 0 bridgehead atoms. The van der Waals surface area contributed by atoms with Gasteiger partial charge in [0.2, 0.25) is 0 Å². The van der Waals surface area contributed by atoms with E-state index in [2.05, 4.69) is 331 Å². The molecule has 0 saturated heterocycles. The second-order valence-electron chi connectivity index (χ2n) is 23.6. The van der Waals surface area contributed by atoms with Gasteiger partial charge in [-0.15, -0.1) is 0 Å². The molecule has 0 amide bonds. The van der Waals surface area contributed by atoms with Crippen LogP contribution in [0.1, 0.15) is 0 Å². The Kier molecular flexibility index (Phi) is 11.7. The first-order chi connectivity index (χ1) is 44.1. The van der Waals surface area contributed by atoms with Crippen LogP contribution in [-0.2, 0) is 0 Å². The molecular formula is C84H53BN4. The van der Waals surface area contributed by atoms with E-state index in [1.54, 1.807) is 0 Å². The van der Waals surface area contributed by atoms with Crippen LogP contribution in [0.15, 0.2) is 322 Å². The van der Waals surface area contributed by atoms with Crippen molar-refractivity contribution in [3.8, 4) is 67.2 Å². The van der Waals surface area contributed by atoms with Gasteiger partial charge in [-0.1, -0.05) is 237 Å². The van der Waals surface area contributed by atoms with Crippen molar-refractivity contribution in [3.63, 3.8) is 0 Å². The topological polar surface area (TPSA) is 32.3 Å². The van der Waals surface area contributed by atoms with Crippen molar-refractivity contribution >= 4 is 111 Å². The highest BCUT2D eigenvalue weighted by Gasteiger charge is 2.45. The number of nitrogens with zero attached hydrogens (tertiary/aromatic N) is 4. The lowest BCUT2D eigenvalue weighted by atomic mass is 9.33. The molecule has 18 rings (SSSR count). The molecule has 16 aromatic rings. The Bertz CT molecular complexity index is 5190. The Hall–Kier alpha value is -11.7. The van der Waals surface area contributed by atoms with E-state index < -0.39 is 0 Å². The zero-order chi connectivity index (χ0) is 58.5. The molecule has 0 atom stereocenters. The fourth-order valence-corrected chi connectivity index (χ4v) is 14.3. The summed E-state index contributed by atoms with van der Waals surface area (Å²) < 4.78 is 0. The second kappa shape index (κ2) is 20.5. The van der Waals surface area contributed by atoms with Crippen LogP contribution in [0.25, 0.3) is 121 Å². The van der Waals surface area contributed by atoms with E-state index in [1.165, 1.54) is 70.6 Å². The van der Waals surface area contributed by atoms with Crippen molar-refractivity contribution in [1.82, 2.24) is 9.97 Å². The maximum absolute atomic E-state index is 5.87. The summed E-state index contributed by atoms with van der Waals surface area (Å²) in [7, 11) is 0. The minimum atomic E-state index is -0.171. The van der Waals surface area contributed by atoms with Crippen LogP contribution in [0.4, 0.5) is 34.1 Å². The fourth-order valence-electron chi connectivity index (χ4n) is 14.3. The highest BCUT2D eigenvalue weighted by Crippen LogP contribution is 2.50. The standard InChI is InChI=1S/C84H53BN4/c1-5-19-54(20-6-1)58-33-39-70(40-34-58)88-78-52-69(84-86-77-32-18-17-31-72(77)81(87-84)68-48-66(56-23-9-3-10-24-56)47-67(49-68)57-25-11-4-12-26-57)53-79-80(78)85(75-43-37-64-45-60-27-13-15-29-62(60)50-73(64)82(75)88)76-44-38-65-46-61-28-14-16-30-63(61)51-74(65)83(76)89(79)71-41-35-59(36-42-71)55-21-7-2-8-22-55/h1-53H. The number of hydrogen-bond donors (Lipinski definition) is 0. The molecule has 89 heavy (non-hydrogen) atoms. The van der Waals surface area contributed by atoms with Gasteiger partial charge in [0, 0.05) is 61.4 Å². The molecule has 0 spiro atoms. The Labute approximate surface area is 516 Å². The minimum Gasteiger partial charge on any atom is -0.311 e. The predicted octanol–water partition coefficient (Wildman–Crippen LogP) is 20.3. The number of rotatable bonds is 8. The minimum absolute atomic E-state index is 0.171. The summed E-state index contributed by atoms with van der Waals surface area (Å²) in [6.07, 6.45) is 0. The van der Waals surface area contributed by atoms with Gasteiger partial charge in [-0.25, -0.2) is 9.97 Å². The van der Waals surface area contributed by atoms with Gasteiger partial charge in [0.15, 0.2) is 5.82 Å². The third-order valence-corrected chi connectivity index (χ3v) is 18.5. The molecular weight excluding hydrogens is 1080 g/mol. The fraction of sp³-hybridized carbons (Fsp3) is 0. The first kappa shape index (κ1) is 50.6. The summed E-state index contributed by atoms with van der Waals surface area (Å²) in [4.78, 5) is 16.6. The van der Waals surface area contributed by atoms with Gasteiger partial charge < -0.3 is 9.80 Å². The van der Waals surface area contributed by atoms with Crippen molar-refractivity contribution in [2.75, 3.05) is 9.80 Å². The molecule has 5 heteroatoms. The number of para-hydroxylation sites is 1. The van der Waals surface area contributed by atoms with Crippen molar-refractivity contribution in [2.45, 2.75) is 0 Å². The Morgan fingerprint density at radius 1 is 0.247 bits per heavy atom.